The van der Waals surface area contributed by atoms with Crippen LogP contribution >= 0.6 is 24.0 Å². The van der Waals surface area contributed by atoms with Crippen LogP contribution in [0.25, 0.3) is 0 Å². The molecule has 0 bridgehead atoms. The minimum Gasteiger partial charge on any atom is -0.329 e. The van der Waals surface area contributed by atoms with Crippen molar-refractivity contribution in [1.29, 1.82) is 0 Å². The molecule has 3 N–H and O–H groups in total. The van der Waals surface area contributed by atoms with Crippen molar-refractivity contribution < 1.29 is 8.42 Å². The maximum absolute atomic E-state index is 12.2. The van der Waals surface area contributed by atoms with Gasteiger partial charge in [0, 0.05) is 24.5 Å². The molecule has 0 atom stereocenters. The lowest BCUT2D eigenvalue weighted by Crippen LogP contribution is -2.51. The smallest absolute Gasteiger partial charge is 0.242 e. The molecule has 1 aromatic heterocycles. The zero-order chi connectivity index (χ0) is 13.2. The van der Waals surface area contributed by atoms with E-state index >= 15 is 0 Å². The summed E-state index contributed by atoms with van der Waals surface area (Å²) in [6, 6.07) is 1.38. The van der Waals surface area contributed by atoms with E-state index in [0.29, 0.717) is 11.6 Å². The zero-order valence-electron chi connectivity index (χ0n) is 10.3. The van der Waals surface area contributed by atoms with E-state index in [1.165, 1.54) is 18.5 Å². The Bertz CT molecular complexity index is 530. The molecular formula is C11H17Cl2N3O2S. The van der Waals surface area contributed by atoms with Crippen LogP contribution in [-0.4, -0.2) is 25.5 Å². The molecule has 0 amide bonds. The standard InChI is InChI=1S/C11H16ClN3O2S.ClH/c12-9-5-10(7-14-6-9)18(16,17)15-11(8-13)3-1-2-4-11;/h5-7,15H,1-4,8,13H2;1H. The largest absolute Gasteiger partial charge is 0.329 e. The predicted octanol–water partition coefficient (Wildman–Crippen LogP) is 1.71. The van der Waals surface area contributed by atoms with Crippen LogP contribution in [0.2, 0.25) is 5.02 Å². The normalized spacial score (nSPS) is 18.0. The highest BCUT2D eigenvalue weighted by Crippen LogP contribution is 2.30. The molecule has 0 unspecified atom stereocenters. The van der Waals surface area contributed by atoms with Crippen molar-refractivity contribution in [3.63, 3.8) is 0 Å². The number of hydrogen-bond donors (Lipinski definition) is 2. The number of pyridine rings is 1. The van der Waals surface area contributed by atoms with Gasteiger partial charge in [-0.25, -0.2) is 13.1 Å². The Morgan fingerprint density at radius 1 is 1.37 bits per heavy atom. The minimum absolute atomic E-state index is 0. The lowest BCUT2D eigenvalue weighted by Gasteiger charge is -2.28. The summed E-state index contributed by atoms with van der Waals surface area (Å²) in [6.45, 7) is 0.306. The molecule has 1 aliphatic rings. The Hall–Kier alpha value is -0.400. The third kappa shape index (κ3) is 3.79. The highest BCUT2D eigenvalue weighted by Gasteiger charge is 2.36. The summed E-state index contributed by atoms with van der Waals surface area (Å²) in [5.74, 6) is 0. The molecular weight excluding hydrogens is 309 g/mol. The van der Waals surface area contributed by atoms with Crippen molar-refractivity contribution >= 4 is 34.0 Å². The van der Waals surface area contributed by atoms with Gasteiger partial charge in [-0.1, -0.05) is 24.4 Å². The SMILES string of the molecule is Cl.NCC1(NS(=O)(=O)c2cncc(Cl)c2)CCCC1. The summed E-state index contributed by atoms with van der Waals surface area (Å²) in [5, 5.41) is 0.297. The highest BCUT2D eigenvalue weighted by molar-refractivity contribution is 7.89. The van der Waals surface area contributed by atoms with E-state index in [4.69, 9.17) is 17.3 Å². The fourth-order valence-corrected chi connectivity index (χ4v) is 3.98. The molecule has 1 saturated carbocycles. The van der Waals surface area contributed by atoms with Crippen LogP contribution in [0.15, 0.2) is 23.4 Å². The van der Waals surface area contributed by atoms with Crippen LogP contribution in [0.4, 0.5) is 0 Å². The molecule has 5 nitrogen and oxygen atoms in total. The first kappa shape index (κ1) is 16.7. The van der Waals surface area contributed by atoms with E-state index in [9.17, 15) is 8.42 Å². The number of sulfonamides is 1. The number of nitrogens with zero attached hydrogens (tertiary/aromatic N) is 1. The van der Waals surface area contributed by atoms with E-state index in [1.54, 1.807) is 0 Å². The van der Waals surface area contributed by atoms with Crippen molar-refractivity contribution in [3.8, 4) is 0 Å². The molecule has 19 heavy (non-hydrogen) atoms. The van der Waals surface area contributed by atoms with Gasteiger partial charge in [-0.15, -0.1) is 12.4 Å². The van der Waals surface area contributed by atoms with E-state index in [0.717, 1.165) is 25.7 Å². The number of halogens is 2. The number of aromatic nitrogens is 1. The fraction of sp³-hybridized carbons (Fsp3) is 0.545. The van der Waals surface area contributed by atoms with Crippen LogP contribution < -0.4 is 10.5 Å². The third-order valence-electron chi connectivity index (χ3n) is 3.29. The molecule has 2 rings (SSSR count). The lowest BCUT2D eigenvalue weighted by molar-refractivity contribution is 0.399. The average Bonchev–Trinajstić information content (AvgIpc) is 2.77. The third-order valence-corrected chi connectivity index (χ3v) is 5.04. The molecule has 108 valence electrons. The second-order valence-corrected chi connectivity index (χ2v) is 6.75. The van der Waals surface area contributed by atoms with Gasteiger partial charge in [0.05, 0.1) is 5.02 Å². The second-order valence-electron chi connectivity index (χ2n) is 4.64. The lowest BCUT2D eigenvalue weighted by atomic mass is 10.0. The van der Waals surface area contributed by atoms with Crippen LogP contribution in [0.5, 0.6) is 0 Å². The first-order valence-electron chi connectivity index (χ1n) is 5.82. The highest BCUT2D eigenvalue weighted by atomic mass is 35.5. The number of hydrogen-bond acceptors (Lipinski definition) is 4. The molecule has 1 aromatic rings. The molecule has 1 heterocycles. The molecule has 0 aliphatic heterocycles. The topological polar surface area (TPSA) is 85.1 Å². The van der Waals surface area contributed by atoms with Crippen molar-refractivity contribution in [2.45, 2.75) is 36.1 Å². The van der Waals surface area contributed by atoms with Crippen LogP contribution in [-0.2, 0) is 10.0 Å². The maximum Gasteiger partial charge on any atom is 0.242 e. The quantitative estimate of drug-likeness (QED) is 0.882. The average molecular weight is 326 g/mol. The monoisotopic (exact) mass is 325 g/mol. The van der Waals surface area contributed by atoms with Gasteiger partial charge in [0.2, 0.25) is 10.0 Å². The van der Waals surface area contributed by atoms with Crippen molar-refractivity contribution in [2.75, 3.05) is 6.54 Å². The Morgan fingerprint density at radius 2 is 2.00 bits per heavy atom. The fourth-order valence-electron chi connectivity index (χ4n) is 2.28. The van der Waals surface area contributed by atoms with Gasteiger partial charge >= 0.3 is 0 Å². The van der Waals surface area contributed by atoms with Gasteiger partial charge in [0.15, 0.2) is 0 Å². The van der Waals surface area contributed by atoms with Gasteiger partial charge in [-0.2, -0.15) is 0 Å². The molecule has 0 spiro atoms. The Labute approximate surface area is 124 Å². The predicted molar refractivity (Wildman–Crippen MR) is 77.1 cm³/mol. The first-order valence-corrected chi connectivity index (χ1v) is 7.68. The minimum atomic E-state index is -3.61. The number of rotatable bonds is 4. The summed E-state index contributed by atoms with van der Waals surface area (Å²) >= 11 is 5.76. The van der Waals surface area contributed by atoms with Crippen molar-refractivity contribution in [3.05, 3.63) is 23.5 Å². The van der Waals surface area contributed by atoms with Crippen molar-refractivity contribution in [2.24, 2.45) is 5.73 Å². The first-order chi connectivity index (χ1) is 8.47. The summed E-state index contributed by atoms with van der Waals surface area (Å²) in [7, 11) is -3.61. The van der Waals surface area contributed by atoms with E-state index < -0.39 is 15.6 Å². The molecule has 1 aliphatic carbocycles. The summed E-state index contributed by atoms with van der Waals surface area (Å²) < 4.78 is 27.2. The molecule has 1 fully saturated rings. The van der Waals surface area contributed by atoms with Gasteiger partial charge in [-0.3, -0.25) is 4.98 Å². The molecule has 0 saturated heterocycles. The van der Waals surface area contributed by atoms with Gasteiger partial charge in [0.25, 0.3) is 0 Å². The van der Waals surface area contributed by atoms with E-state index in [2.05, 4.69) is 9.71 Å². The van der Waals surface area contributed by atoms with Crippen LogP contribution in [0.1, 0.15) is 25.7 Å². The summed E-state index contributed by atoms with van der Waals surface area (Å²) in [5.41, 5.74) is 5.20. The number of nitrogens with two attached hydrogens (primary N) is 1. The van der Waals surface area contributed by atoms with Gasteiger partial charge in [-0.05, 0) is 18.9 Å². The second kappa shape index (κ2) is 6.37. The van der Waals surface area contributed by atoms with Crippen molar-refractivity contribution in [1.82, 2.24) is 9.71 Å². The Balaban J connectivity index is 0.00000180. The zero-order valence-corrected chi connectivity index (χ0v) is 12.7. The Morgan fingerprint density at radius 3 is 2.53 bits per heavy atom. The van der Waals surface area contributed by atoms with Gasteiger partial charge in [0.1, 0.15) is 4.90 Å². The van der Waals surface area contributed by atoms with E-state index in [1.807, 2.05) is 0 Å². The molecule has 0 radical (unpaired) electrons. The summed E-state index contributed by atoms with van der Waals surface area (Å²) in [6.07, 6.45) is 6.22. The van der Waals surface area contributed by atoms with Gasteiger partial charge < -0.3 is 5.73 Å². The molecule has 8 heteroatoms. The van der Waals surface area contributed by atoms with E-state index in [-0.39, 0.29) is 17.3 Å². The number of nitrogens with one attached hydrogen (secondary N) is 1. The molecule has 0 aromatic carbocycles. The Kier molecular flexibility index (Phi) is 5.58. The maximum atomic E-state index is 12.2. The summed E-state index contributed by atoms with van der Waals surface area (Å²) in [4.78, 5) is 3.87. The van der Waals surface area contributed by atoms with Crippen LogP contribution in [0.3, 0.4) is 0 Å². The van der Waals surface area contributed by atoms with Crippen LogP contribution in [0, 0.1) is 0 Å².